The van der Waals surface area contributed by atoms with Crippen LogP contribution in [0, 0.1) is 0 Å². The number of H-pyrrole nitrogens is 1. The number of nitrogens with one attached hydrogen (secondary N) is 2. The number of benzene rings is 4. The molecule has 5 heteroatoms. The first-order valence-corrected chi connectivity index (χ1v) is 12.0. The summed E-state index contributed by atoms with van der Waals surface area (Å²) < 4.78 is 6.18. The van der Waals surface area contributed by atoms with Gasteiger partial charge < -0.3 is 15.0 Å². The molecule has 0 saturated carbocycles. The molecule has 4 aromatic carbocycles. The summed E-state index contributed by atoms with van der Waals surface area (Å²) in [7, 11) is 0. The highest BCUT2D eigenvalue weighted by Gasteiger charge is 2.13. The van der Waals surface area contributed by atoms with Crippen LogP contribution in [0.15, 0.2) is 128 Å². The van der Waals surface area contributed by atoms with Gasteiger partial charge in [-0.2, -0.15) is 0 Å². The second kappa shape index (κ2) is 9.84. The molecular formula is C32H23N3O2. The molecule has 0 aliphatic rings. The van der Waals surface area contributed by atoms with Crippen LogP contribution < -0.4 is 10.1 Å². The molecule has 1 amide bonds. The van der Waals surface area contributed by atoms with Crippen molar-refractivity contribution in [2.75, 3.05) is 5.32 Å². The molecule has 0 fully saturated rings. The molecule has 6 rings (SSSR count). The van der Waals surface area contributed by atoms with E-state index in [2.05, 4.69) is 21.4 Å². The van der Waals surface area contributed by atoms with E-state index in [-0.39, 0.29) is 5.91 Å². The minimum Gasteiger partial charge on any atom is -0.457 e. The summed E-state index contributed by atoms with van der Waals surface area (Å²) in [5.41, 5.74) is 6.09. The minimum atomic E-state index is -0.143. The van der Waals surface area contributed by atoms with Crippen LogP contribution in [0.1, 0.15) is 10.4 Å². The lowest BCUT2D eigenvalue weighted by atomic mass is 10.0. The van der Waals surface area contributed by atoms with Gasteiger partial charge in [0.25, 0.3) is 5.91 Å². The largest absolute Gasteiger partial charge is 0.457 e. The highest BCUT2D eigenvalue weighted by molar-refractivity contribution is 6.05. The van der Waals surface area contributed by atoms with Crippen molar-refractivity contribution in [3.05, 3.63) is 133 Å². The van der Waals surface area contributed by atoms with Gasteiger partial charge in [0.05, 0.1) is 0 Å². The minimum absolute atomic E-state index is 0.143. The Kier molecular flexibility index (Phi) is 5.93. The Hall–Kier alpha value is -5.16. The first kappa shape index (κ1) is 22.3. The molecule has 0 aliphatic heterocycles. The number of anilines is 1. The van der Waals surface area contributed by atoms with Crippen molar-refractivity contribution in [1.29, 1.82) is 0 Å². The second-order valence-electron chi connectivity index (χ2n) is 8.63. The maximum absolute atomic E-state index is 12.6. The number of hydrogen-bond acceptors (Lipinski definition) is 3. The molecule has 5 nitrogen and oxygen atoms in total. The summed E-state index contributed by atoms with van der Waals surface area (Å²) in [5, 5.41) is 3.92. The summed E-state index contributed by atoms with van der Waals surface area (Å²) in [6.07, 6.45) is 3.81. The summed E-state index contributed by atoms with van der Waals surface area (Å²) in [6, 6.07) is 36.9. The Labute approximate surface area is 214 Å². The Morgan fingerprint density at radius 3 is 2.22 bits per heavy atom. The Morgan fingerprint density at radius 1 is 0.730 bits per heavy atom. The molecule has 6 aromatic rings. The number of ether oxygens (including phenoxy) is 1. The first-order valence-electron chi connectivity index (χ1n) is 12.0. The third-order valence-electron chi connectivity index (χ3n) is 6.19. The molecule has 2 N–H and O–H groups in total. The fourth-order valence-electron chi connectivity index (χ4n) is 4.33. The number of hydrogen-bond donors (Lipinski definition) is 2. The quantitative estimate of drug-likeness (QED) is 0.254. The zero-order valence-corrected chi connectivity index (χ0v) is 19.9. The molecule has 2 aromatic heterocycles. The number of aromatic amines is 1. The summed E-state index contributed by atoms with van der Waals surface area (Å²) >= 11 is 0. The van der Waals surface area contributed by atoms with E-state index >= 15 is 0 Å². The molecule has 0 spiro atoms. The van der Waals surface area contributed by atoms with Gasteiger partial charge in [-0.15, -0.1) is 0 Å². The van der Waals surface area contributed by atoms with Crippen LogP contribution in [-0.2, 0) is 0 Å². The third kappa shape index (κ3) is 4.70. The predicted molar refractivity (Wildman–Crippen MR) is 148 cm³/mol. The van der Waals surface area contributed by atoms with E-state index in [4.69, 9.17) is 4.74 Å². The fraction of sp³-hybridized carbons (Fsp3) is 0. The van der Waals surface area contributed by atoms with E-state index in [0.717, 1.165) is 50.5 Å². The number of para-hydroxylation sites is 3. The molecule has 37 heavy (non-hydrogen) atoms. The zero-order chi connectivity index (χ0) is 25.0. The smallest absolute Gasteiger partial charge is 0.255 e. The van der Waals surface area contributed by atoms with Crippen molar-refractivity contribution in [3.8, 4) is 33.8 Å². The number of carbonyl (C=O) groups excluding carboxylic acids is 1. The lowest BCUT2D eigenvalue weighted by Gasteiger charge is -2.11. The number of pyridine rings is 1. The van der Waals surface area contributed by atoms with Crippen LogP contribution in [0.2, 0.25) is 0 Å². The van der Waals surface area contributed by atoms with Gasteiger partial charge in [-0.05, 0) is 54.1 Å². The van der Waals surface area contributed by atoms with Gasteiger partial charge in [-0.3, -0.25) is 4.79 Å². The van der Waals surface area contributed by atoms with Crippen LogP contribution in [0.25, 0.3) is 33.3 Å². The maximum atomic E-state index is 12.6. The highest BCUT2D eigenvalue weighted by atomic mass is 16.5. The van der Waals surface area contributed by atoms with Crippen molar-refractivity contribution in [2.45, 2.75) is 0 Å². The van der Waals surface area contributed by atoms with Gasteiger partial charge in [0.1, 0.15) is 17.1 Å². The first-order chi connectivity index (χ1) is 18.2. The molecule has 0 aliphatic carbocycles. The fourth-order valence-corrected chi connectivity index (χ4v) is 4.33. The maximum Gasteiger partial charge on any atom is 0.255 e. The lowest BCUT2D eigenvalue weighted by molar-refractivity contribution is 0.102. The van der Waals surface area contributed by atoms with E-state index < -0.39 is 0 Å². The third-order valence-corrected chi connectivity index (χ3v) is 6.19. The summed E-state index contributed by atoms with van der Waals surface area (Å²) in [4.78, 5) is 20.6. The van der Waals surface area contributed by atoms with Gasteiger partial charge in [0.2, 0.25) is 0 Å². The van der Waals surface area contributed by atoms with Crippen molar-refractivity contribution in [1.82, 2.24) is 9.97 Å². The van der Waals surface area contributed by atoms with Crippen LogP contribution in [-0.4, -0.2) is 15.9 Å². The average Bonchev–Trinajstić information content (AvgIpc) is 3.38. The number of carbonyl (C=O) groups is 1. The highest BCUT2D eigenvalue weighted by Crippen LogP contribution is 2.36. The molecule has 0 radical (unpaired) electrons. The van der Waals surface area contributed by atoms with E-state index in [9.17, 15) is 4.79 Å². The van der Waals surface area contributed by atoms with Crippen LogP contribution in [0.3, 0.4) is 0 Å². The van der Waals surface area contributed by atoms with Crippen molar-refractivity contribution < 1.29 is 9.53 Å². The predicted octanol–water partition coefficient (Wildman–Crippen LogP) is 7.94. The molecule has 0 unspecified atom stereocenters. The number of fused-ring (bicyclic) bond motifs is 1. The van der Waals surface area contributed by atoms with Gasteiger partial charge in [-0.25, -0.2) is 4.98 Å². The van der Waals surface area contributed by atoms with Crippen LogP contribution >= 0.6 is 0 Å². The monoisotopic (exact) mass is 481 g/mol. The van der Waals surface area contributed by atoms with Gasteiger partial charge in [0.15, 0.2) is 0 Å². The average molecular weight is 482 g/mol. The van der Waals surface area contributed by atoms with Crippen molar-refractivity contribution in [3.63, 3.8) is 0 Å². The van der Waals surface area contributed by atoms with Crippen molar-refractivity contribution >= 4 is 22.6 Å². The second-order valence-corrected chi connectivity index (χ2v) is 8.63. The number of aromatic nitrogens is 2. The Morgan fingerprint density at radius 2 is 1.43 bits per heavy atom. The normalized spacial score (nSPS) is 10.8. The van der Waals surface area contributed by atoms with Gasteiger partial charge >= 0.3 is 0 Å². The van der Waals surface area contributed by atoms with E-state index in [1.807, 2.05) is 122 Å². The van der Waals surface area contributed by atoms with Crippen LogP contribution in [0.4, 0.5) is 5.69 Å². The number of nitrogens with zero attached hydrogens (tertiary/aromatic N) is 1. The molecule has 0 saturated heterocycles. The topological polar surface area (TPSA) is 67.0 Å². The zero-order valence-electron chi connectivity index (χ0n) is 19.9. The molecule has 178 valence electrons. The van der Waals surface area contributed by atoms with Crippen molar-refractivity contribution in [2.24, 2.45) is 0 Å². The van der Waals surface area contributed by atoms with E-state index in [1.165, 1.54) is 0 Å². The van der Waals surface area contributed by atoms with E-state index in [1.54, 1.807) is 0 Å². The molecular weight excluding hydrogens is 458 g/mol. The SMILES string of the molecule is O=C(Nc1ccccc1)c1ccc(-c2c[nH]c3ncc(-c4ccccc4Oc4ccccc4)cc23)cc1. The van der Waals surface area contributed by atoms with Crippen LogP contribution in [0.5, 0.6) is 11.5 Å². The van der Waals surface area contributed by atoms with Gasteiger partial charge in [-0.1, -0.05) is 66.7 Å². The number of rotatable bonds is 6. The number of amides is 1. The molecule has 0 bridgehead atoms. The summed E-state index contributed by atoms with van der Waals surface area (Å²) in [6.45, 7) is 0. The molecule has 0 atom stereocenters. The molecule has 2 heterocycles. The summed E-state index contributed by atoms with van der Waals surface area (Å²) in [5.74, 6) is 1.40. The van der Waals surface area contributed by atoms with E-state index in [0.29, 0.717) is 5.56 Å². The Balaban J connectivity index is 1.30. The standard InChI is InChI=1S/C32H23N3O2/c36-32(35-25-9-3-1-4-10-25)23-17-15-22(16-18-23)29-21-34-31-28(29)19-24(20-33-31)27-13-7-8-14-30(27)37-26-11-5-2-6-12-26/h1-21H,(H,33,34)(H,35,36). The van der Waals surface area contributed by atoms with Gasteiger partial charge in [0, 0.05) is 45.7 Å². The lowest BCUT2D eigenvalue weighted by Crippen LogP contribution is -2.11. The Bertz CT molecular complexity index is 1670.